The fourth-order valence-corrected chi connectivity index (χ4v) is 4.96. The minimum atomic E-state index is -0.737. The van der Waals surface area contributed by atoms with E-state index in [0.29, 0.717) is 18.4 Å². The summed E-state index contributed by atoms with van der Waals surface area (Å²) in [6.07, 6.45) is 6.50. The Hall–Kier alpha value is -0.860. The van der Waals surface area contributed by atoms with Gasteiger partial charge >= 0.3 is 0 Å². The monoisotopic (exact) mass is 287 g/mol. The molecule has 0 radical (unpaired) electrons. The average molecular weight is 287 g/mol. The van der Waals surface area contributed by atoms with Gasteiger partial charge in [-0.25, -0.2) is 0 Å². The summed E-state index contributed by atoms with van der Waals surface area (Å²) in [4.78, 5) is 0. The number of fused-ring (bicyclic) bond motifs is 1. The molecule has 4 unspecified atom stereocenters. The van der Waals surface area contributed by atoms with Gasteiger partial charge in [-0.05, 0) is 48.6 Å². The van der Waals surface area contributed by atoms with Gasteiger partial charge in [0.05, 0.1) is 5.60 Å². The standard InChI is InChI=1S/C19H29NO/c1-14-6-5-10-18(12-14,13-20)19(21)11-9-15(2)16-7-3-4-8-17(16)19/h3-4,7-8,14-15,21H,5-6,9-13,20H2,1-2H3. The molecule has 1 fully saturated rings. The summed E-state index contributed by atoms with van der Waals surface area (Å²) in [7, 11) is 0. The number of hydrogen-bond acceptors (Lipinski definition) is 2. The third kappa shape index (κ3) is 2.24. The van der Waals surface area contributed by atoms with Crippen LogP contribution in [0.25, 0.3) is 0 Å². The zero-order valence-electron chi connectivity index (χ0n) is 13.4. The zero-order chi connectivity index (χ0) is 15.1. The fourth-order valence-electron chi connectivity index (χ4n) is 4.96. The summed E-state index contributed by atoms with van der Waals surface area (Å²) in [5.74, 6) is 1.20. The first-order chi connectivity index (χ1) is 10.0. The Labute approximate surface area is 128 Å². The molecule has 4 atom stereocenters. The van der Waals surface area contributed by atoms with Gasteiger partial charge in [-0.3, -0.25) is 0 Å². The summed E-state index contributed by atoms with van der Waals surface area (Å²) >= 11 is 0. The van der Waals surface area contributed by atoms with Crippen molar-refractivity contribution >= 4 is 0 Å². The minimum Gasteiger partial charge on any atom is -0.385 e. The highest BCUT2D eigenvalue weighted by molar-refractivity contribution is 5.39. The van der Waals surface area contributed by atoms with Gasteiger partial charge < -0.3 is 10.8 Å². The summed E-state index contributed by atoms with van der Waals surface area (Å²) in [5, 5.41) is 11.8. The molecule has 1 aromatic carbocycles. The van der Waals surface area contributed by atoms with Crippen LogP contribution in [0, 0.1) is 11.3 Å². The second kappa shape index (κ2) is 5.40. The van der Waals surface area contributed by atoms with E-state index in [-0.39, 0.29) is 5.41 Å². The first-order valence-electron chi connectivity index (χ1n) is 8.54. The van der Waals surface area contributed by atoms with E-state index in [1.165, 1.54) is 18.4 Å². The van der Waals surface area contributed by atoms with Crippen molar-refractivity contribution in [3.8, 4) is 0 Å². The topological polar surface area (TPSA) is 46.2 Å². The Kier molecular flexibility index (Phi) is 3.87. The van der Waals surface area contributed by atoms with Crippen LogP contribution in [0.2, 0.25) is 0 Å². The number of aliphatic hydroxyl groups is 1. The van der Waals surface area contributed by atoms with Gasteiger partial charge in [-0.1, -0.05) is 51.0 Å². The smallest absolute Gasteiger partial charge is 0.0967 e. The largest absolute Gasteiger partial charge is 0.385 e. The van der Waals surface area contributed by atoms with E-state index in [1.807, 2.05) is 0 Å². The molecule has 0 amide bonds. The van der Waals surface area contributed by atoms with Crippen LogP contribution in [0.15, 0.2) is 24.3 Å². The maximum atomic E-state index is 11.8. The van der Waals surface area contributed by atoms with Crippen molar-refractivity contribution in [2.75, 3.05) is 6.54 Å². The molecule has 0 aliphatic heterocycles. The van der Waals surface area contributed by atoms with E-state index in [2.05, 4.69) is 38.1 Å². The first kappa shape index (κ1) is 15.1. The molecule has 2 aliphatic rings. The van der Waals surface area contributed by atoms with E-state index >= 15 is 0 Å². The minimum absolute atomic E-state index is 0.138. The predicted molar refractivity (Wildman–Crippen MR) is 87.1 cm³/mol. The van der Waals surface area contributed by atoms with Crippen molar-refractivity contribution in [1.82, 2.24) is 0 Å². The van der Waals surface area contributed by atoms with E-state index < -0.39 is 5.60 Å². The second-order valence-corrected chi connectivity index (χ2v) is 7.57. The Balaban J connectivity index is 2.09. The molecule has 2 nitrogen and oxygen atoms in total. The lowest BCUT2D eigenvalue weighted by Crippen LogP contribution is -2.54. The van der Waals surface area contributed by atoms with Crippen LogP contribution < -0.4 is 5.73 Å². The highest BCUT2D eigenvalue weighted by Gasteiger charge is 2.53. The predicted octanol–water partition coefficient (Wildman–Crippen LogP) is 3.93. The van der Waals surface area contributed by atoms with Gasteiger partial charge in [0, 0.05) is 12.0 Å². The van der Waals surface area contributed by atoms with Gasteiger partial charge in [-0.2, -0.15) is 0 Å². The Morgan fingerprint density at radius 2 is 1.95 bits per heavy atom. The van der Waals surface area contributed by atoms with Gasteiger partial charge in [0.15, 0.2) is 0 Å². The van der Waals surface area contributed by atoms with Crippen molar-refractivity contribution in [3.63, 3.8) is 0 Å². The van der Waals surface area contributed by atoms with Crippen molar-refractivity contribution in [1.29, 1.82) is 0 Å². The van der Waals surface area contributed by atoms with Gasteiger partial charge in [0.2, 0.25) is 0 Å². The summed E-state index contributed by atoms with van der Waals surface area (Å²) in [5.41, 5.74) is 7.86. The van der Waals surface area contributed by atoms with Crippen molar-refractivity contribution in [2.24, 2.45) is 17.1 Å². The lowest BCUT2D eigenvalue weighted by Gasteiger charge is -2.53. The second-order valence-electron chi connectivity index (χ2n) is 7.57. The summed E-state index contributed by atoms with van der Waals surface area (Å²) in [6.45, 7) is 5.18. The molecule has 0 heterocycles. The molecule has 3 N–H and O–H groups in total. The molecule has 2 heteroatoms. The molecule has 116 valence electrons. The Morgan fingerprint density at radius 3 is 2.67 bits per heavy atom. The van der Waals surface area contributed by atoms with Crippen LogP contribution in [-0.2, 0) is 5.60 Å². The Morgan fingerprint density at radius 1 is 1.19 bits per heavy atom. The van der Waals surface area contributed by atoms with Crippen LogP contribution in [0.5, 0.6) is 0 Å². The van der Waals surface area contributed by atoms with E-state index in [1.54, 1.807) is 0 Å². The molecule has 1 aromatic rings. The molecule has 1 saturated carbocycles. The van der Waals surface area contributed by atoms with Crippen LogP contribution in [0.3, 0.4) is 0 Å². The van der Waals surface area contributed by atoms with Crippen molar-refractivity contribution < 1.29 is 5.11 Å². The highest BCUT2D eigenvalue weighted by Crippen LogP contribution is 2.56. The lowest BCUT2D eigenvalue weighted by atomic mass is 9.55. The third-order valence-corrected chi connectivity index (χ3v) is 6.24. The average Bonchev–Trinajstić information content (AvgIpc) is 2.51. The Bertz CT molecular complexity index is 514. The number of benzene rings is 1. The quantitative estimate of drug-likeness (QED) is 0.866. The molecular weight excluding hydrogens is 258 g/mol. The molecule has 3 rings (SSSR count). The lowest BCUT2D eigenvalue weighted by molar-refractivity contribution is -0.126. The molecule has 0 aromatic heterocycles. The maximum Gasteiger partial charge on any atom is 0.0967 e. The maximum absolute atomic E-state index is 11.8. The molecule has 0 bridgehead atoms. The van der Waals surface area contributed by atoms with E-state index in [9.17, 15) is 5.11 Å². The fraction of sp³-hybridized carbons (Fsp3) is 0.684. The third-order valence-electron chi connectivity index (χ3n) is 6.24. The number of nitrogens with two attached hydrogens (primary N) is 1. The number of hydrogen-bond donors (Lipinski definition) is 2. The van der Waals surface area contributed by atoms with Gasteiger partial charge in [-0.15, -0.1) is 0 Å². The molecule has 2 aliphatic carbocycles. The van der Waals surface area contributed by atoms with Gasteiger partial charge in [0.1, 0.15) is 0 Å². The van der Waals surface area contributed by atoms with E-state index in [0.717, 1.165) is 31.2 Å². The summed E-state index contributed by atoms with van der Waals surface area (Å²) < 4.78 is 0. The first-order valence-corrected chi connectivity index (χ1v) is 8.54. The van der Waals surface area contributed by atoms with Crippen LogP contribution in [0.1, 0.15) is 69.4 Å². The zero-order valence-corrected chi connectivity index (χ0v) is 13.4. The number of rotatable bonds is 2. The van der Waals surface area contributed by atoms with Crippen LogP contribution in [0.4, 0.5) is 0 Å². The normalized spacial score (nSPS) is 39.8. The molecule has 0 saturated heterocycles. The SMILES string of the molecule is CC1CCCC(CN)(C2(O)CCC(C)c3ccccc32)C1. The summed E-state index contributed by atoms with van der Waals surface area (Å²) in [6, 6.07) is 8.50. The van der Waals surface area contributed by atoms with Crippen LogP contribution >= 0.6 is 0 Å². The van der Waals surface area contributed by atoms with Gasteiger partial charge in [0.25, 0.3) is 0 Å². The van der Waals surface area contributed by atoms with Crippen molar-refractivity contribution in [3.05, 3.63) is 35.4 Å². The highest BCUT2D eigenvalue weighted by atomic mass is 16.3. The van der Waals surface area contributed by atoms with Crippen molar-refractivity contribution in [2.45, 2.75) is 63.9 Å². The van der Waals surface area contributed by atoms with E-state index in [4.69, 9.17) is 5.73 Å². The van der Waals surface area contributed by atoms with Crippen LogP contribution in [-0.4, -0.2) is 11.7 Å². The molecular formula is C19H29NO. The molecule has 21 heavy (non-hydrogen) atoms. The molecule has 0 spiro atoms.